The smallest absolute Gasteiger partial charge is 0.194 e. The third-order valence-corrected chi connectivity index (χ3v) is 6.02. The van der Waals surface area contributed by atoms with E-state index in [1.165, 1.54) is 38.9 Å². The lowest BCUT2D eigenvalue weighted by atomic mass is 10.1. The highest BCUT2D eigenvalue weighted by Crippen LogP contribution is 2.42. The molecule has 1 saturated carbocycles. The molecule has 3 unspecified atom stereocenters. The van der Waals surface area contributed by atoms with Gasteiger partial charge in [-0.15, -0.1) is 0 Å². The van der Waals surface area contributed by atoms with Gasteiger partial charge in [-0.2, -0.15) is 0 Å². The van der Waals surface area contributed by atoms with Gasteiger partial charge in [-0.25, -0.2) is 4.39 Å². The van der Waals surface area contributed by atoms with Crippen molar-refractivity contribution in [2.75, 3.05) is 39.3 Å². The predicted octanol–water partition coefficient (Wildman–Crippen LogP) is 3.06. The third-order valence-electron chi connectivity index (χ3n) is 6.02. The largest absolute Gasteiger partial charge is 0.353 e. The van der Waals surface area contributed by atoms with Crippen molar-refractivity contribution in [1.29, 1.82) is 0 Å². The first kappa shape index (κ1) is 17.8. The zero-order valence-corrected chi connectivity index (χ0v) is 15.8. The van der Waals surface area contributed by atoms with Crippen molar-refractivity contribution in [1.82, 2.24) is 15.1 Å². The molecule has 3 atom stereocenters. The van der Waals surface area contributed by atoms with E-state index in [1.54, 1.807) is 12.1 Å². The molecule has 2 heterocycles. The average molecular weight is 359 g/mol. The molecule has 0 aromatic heterocycles. The molecule has 4 nitrogen and oxygen atoms in total. The van der Waals surface area contributed by atoms with Crippen LogP contribution in [0.5, 0.6) is 0 Å². The van der Waals surface area contributed by atoms with E-state index < -0.39 is 0 Å². The molecule has 1 aromatic carbocycles. The Morgan fingerprint density at radius 2 is 2.04 bits per heavy atom. The number of aliphatic imine (C=N–C) groups is 1. The summed E-state index contributed by atoms with van der Waals surface area (Å²) >= 11 is 0. The molecule has 2 saturated heterocycles. The maximum Gasteiger partial charge on any atom is 0.194 e. The highest BCUT2D eigenvalue weighted by atomic mass is 19.1. The summed E-state index contributed by atoms with van der Waals surface area (Å²) in [6.07, 6.45) is 4.97. The van der Waals surface area contributed by atoms with Gasteiger partial charge in [0.15, 0.2) is 5.96 Å². The molecule has 0 spiro atoms. The number of nitrogens with zero attached hydrogens (tertiary/aromatic N) is 3. The molecule has 2 aliphatic heterocycles. The fourth-order valence-electron chi connectivity index (χ4n) is 4.53. The molecule has 5 heteroatoms. The van der Waals surface area contributed by atoms with Crippen LogP contribution in [0, 0.1) is 11.7 Å². The molecular weight excluding hydrogens is 327 g/mol. The third kappa shape index (κ3) is 4.03. The minimum absolute atomic E-state index is 0.0809. The van der Waals surface area contributed by atoms with Crippen LogP contribution in [0.3, 0.4) is 0 Å². The summed E-state index contributed by atoms with van der Waals surface area (Å²) < 4.78 is 14.0. The number of rotatable bonds is 5. The Morgan fingerprint density at radius 1 is 1.23 bits per heavy atom. The van der Waals surface area contributed by atoms with Crippen LogP contribution in [0.1, 0.15) is 44.1 Å². The predicted molar refractivity (Wildman–Crippen MR) is 104 cm³/mol. The van der Waals surface area contributed by atoms with E-state index in [4.69, 9.17) is 4.99 Å². The van der Waals surface area contributed by atoms with Crippen LogP contribution < -0.4 is 5.32 Å². The van der Waals surface area contributed by atoms with E-state index in [1.807, 2.05) is 12.1 Å². The van der Waals surface area contributed by atoms with Crippen LogP contribution in [0.4, 0.5) is 4.39 Å². The standard InChI is InChI=1S/C21H31FN4/c1-2-23-21(24-20-13-18(20)17-7-3-4-8-19(17)22)26-12-9-16(15-26)14-25-10-5-6-11-25/h3-4,7-8,16,18,20H,2,5-6,9-15H2,1H3,(H,23,24). The van der Waals surface area contributed by atoms with Gasteiger partial charge in [0, 0.05) is 38.1 Å². The monoisotopic (exact) mass is 358 g/mol. The Balaban J connectivity index is 1.32. The number of hydrogen-bond donors (Lipinski definition) is 1. The van der Waals surface area contributed by atoms with Crippen molar-refractivity contribution in [3.8, 4) is 0 Å². The number of halogens is 1. The zero-order valence-electron chi connectivity index (χ0n) is 15.8. The normalized spacial score (nSPS) is 29.4. The van der Waals surface area contributed by atoms with Crippen molar-refractivity contribution in [3.05, 3.63) is 35.6 Å². The minimum atomic E-state index is -0.0809. The van der Waals surface area contributed by atoms with Crippen LogP contribution in [-0.4, -0.2) is 61.1 Å². The van der Waals surface area contributed by atoms with Crippen LogP contribution in [0.2, 0.25) is 0 Å². The Kier molecular flexibility index (Phi) is 5.44. The molecule has 3 aliphatic rings. The summed E-state index contributed by atoms with van der Waals surface area (Å²) in [5.41, 5.74) is 0.842. The lowest BCUT2D eigenvalue weighted by Gasteiger charge is -2.24. The topological polar surface area (TPSA) is 30.9 Å². The first-order valence-corrected chi connectivity index (χ1v) is 10.3. The summed E-state index contributed by atoms with van der Waals surface area (Å²) in [5, 5.41) is 3.62. The van der Waals surface area contributed by atoms with Gasteiger partial charge in [-0.05, 0) is 63.2 Å². The molecule has 3 fully saturated rings. The van der Waals surface area contributed by atoms with Crippen molar-refractivity contribution in [3.63, 3.8) is 0 Å². The second-order valence-corrected chi connectivity index (χ2v) is 8.02. The molecule has 1 aromatic rings. The number of hydrogen-bond acceptors (Lipinski definition) is 2. The van der Waals surface area contributed by atoms with E-state index in [2.05, 4.69) is 22.0 Å². The van der Waals surface area contributed by atoms with Gasteiger partial charge in [-0.1, -0.05) is 18.2 Å². The van der Waals surface area contributed by atoms with E-state index in [0.717, 1.165) is 43.5 Å². The van der Waals surface area contributed by atoms with Gasteiger partial charge in [-0.3, -0.25) is 4.99 Å². The highest BCUT2D eigenvalue weighted by molar-refractivity contribution is 5.81. The van der Waals surface area contributed by atoms with E-state index in [0.29, 0.717) is 6.04 Å². The lowest BCUT2D eigenvalue weighted by Crippen LogP contribution is -2.42. The van der Waals surface area contributed by atoms with Gasteiger partial charge in [0.2, 0.25) is 0 Å². The van der Waals surface area contributed by atoms with Crippen molar-refractivity contribution in [2.45, 2.75) is 44.6 Å². The molecule has 26 heavy (non-hydrogen) atoms. The van der Waals surface area contributed by atoms with Crippen LogP contribution in [0.15, 0.2) is 29.3 Å². The Hall–Kier alpha value is -1.62. The molecule has 1 N–H and O–H groups in total. The zero-order chi connectivity index (χ0) is 17.9. The van der Waals surface area contributed by atoms with E-state index >= 15 is 0 Å². The quantitative estimate of drug-likeness (QED) is 0.648. The van der Waals surface area contributed by atoms with Gasteiger partial charge >= 0.3 is 0 Å². The number of guanidine groups is 1. The number of nitrogens with one attached hydrogen (secondary N) is 1. The van der Waals surface area contributed by atoms with Gasteiger partial charge in [0.1, 0.15) is 5.82 Å². The summed E-state index contributed by atoms with van der Waals surface area (Å²) in [4.78, 5) is 9.76. The summed E-state index contributed by atoms with van der Waals surface area (Å²) in [7, 11) is 0. The van der Waals surface area contributed by atoms with Crippen molar-refractivity contribution < 1.29 is 4.39 Å². The van der Waals surface area contributed by atoms with Gasteiger partial charge in [0.25, 0.3) is 0 Å². The number of likely N-dealkylation sites (tertiary alicyclic amines) is 2. The maximum absolute atomic E-state index is 14.0. The Morgan fingerprint density at radius 3 is 2.81 bits per heavy atom. The van der Waals surface area contributed by atoms with E-state index in [9.17, 15) is 4.39 Å². The van der Waals surface area contributed by atoms with Crippen LogP contribution >= 0.6 is 0 Å². The van der Waals surface area contributed by atoms with Crippen molar-refractivity contribution >= 4 is 5.96 Å². The van der Waals surface area contributed by atoms with Crippen molar-refractivity contribution in [2.24, 2.45) is 10.9 Å². The van der Waals surface area contributed by atoms with Gasteiger partial charge in [0.05, 0.1) is 0 Å². The lowest BCUT2D eigenvalue weighted by molar-refractivity contribution is 0.281. The fourth-order valence-corrected chi connectivity index (χ4v) is 4.53. The summed E-state index contributed by atoms with van der Waals surface area (Å²) in [6.45, 7) is 8.83. The first-order chi connectivity index (χ1) is 12.7. The molecular formula is C21H31FN4. The molecule has 0 bridgehead atoms. The molecule has 0 radical (unpaired) electrons. The second-order valence-electron chi connectivity index (χ2n) is 8.02. The fraction of sp³-hybridized carbons (Fsp3) is 0.667. The SMILES string of the molecule is CCN=C(NC1CC1c1ccccc1F)N1CCC(CN2CCCC2)C1. The Bertz CT molecular complexity index is 641. The maximum atomic E-state index is 14.0. The Labute approximate surface area is 156 Å². The van der Waals surface area contributed by atoms with E-state index in [-0.39, 0.29) is 11.7 Å². The average Bonchev–Trinajstić information content (AvgIpc) is 3.01. The van der Waals surface area contributed by atoms with Crippen LogP contribution in [-0.2, 0) is 0 Å². The molecule has 0 amide bonds. The second kappa shape index (κ2) is 7.95. The summed E-state index contributed by atoms with van der Waals surface area (Å²) in [6, 6.07) is 7.49. The van der Waals surface area contributed by atoms with Crippen LogP contribution in [0.25, 0.3) is 0 Å². The molecule has 4 rings (SSSR count). The molecule has 142 valence electrons. The van der Waals surface area contributed by atoms with Gasteiger partial charge < -0.3 is 15.1 Å². The minimum Gasteiger partial charge on any atom is -0.353 e. The molecule has 1 aliphatic carbocycles. The summed E-state index contributed by atoms with van der Waals surface area (Å²) in [5.74, 6) is 1.97. The first-order valence-electron chi connectivity index (χ1n) is 10.3. The number of benzene rings is 1. The highest BCUT2D eigenvalue weighted by Gasteiger charge is 2.41.